The quantitative estimate of drug-likeness (QED) is 0.639. The van der Waals surface area contributed by atoms with Gasteiger partial charge >= 0.3 is 0 Å². The third-order valence-electron chi connectivity index (χ3n) is 7.03. The Balaban J connectivity index is 1.65. The molecule has 1 saturated carbocycles. The molecule has 3 atom stereocenters. The minimum absolute atomic E-state index is 0.137. The second-order valence-electron chi connectivity index (χ2n) is 8.08. The normalized spacial score (nSPS) is 31.3. The molecule has 1 N–H and O–H groups in total. The van der Waals surface area contributed by atoms with Gasteiger partial charge in [0.15, 0.2) is 0 Å². The van der Waals surface area contributed by atoms with Gasteiger partial charge in [-0.3, -0.25) is 10.2 Å². The molecule has 1 aliphatic carbocycles. The summed E-state index contributed by atoms with van der Waals surface area (Å²) in [6.45, 7) is 3.80. The van der Waals surface area contributed by atoms with Crippen molar-refractivity contribution in [1.82, 2.24) is 0 Å². The van der Waals surface area contributed by atoms with Gasteiger partial charge < -0.3 is 4.90 Å². The van der Waals surface area contributed by atoms with Crippen molar-refractivity contribution in [3.8, 4) is 0 Å². The highest BCUT2D eigenvalue weighted by molar-refractivity contribution is 6.07. The summed E-state index contributed by atoms with van der Waals surface area (Å²) in [7, 11) is 0. The Kier molecular flexibility index (Phi) is 3.88. The molecule has 27 heavy (non-hydrogen) atoms. The van der Waals surface area contributed by atoms with E-state index in [4.69, 9.17) is 9.88 Å². The Morgan fingerprint density at radius 2 is 1.89 bits per heavy atom. The highest BCUT2D eigenvalue weighted by Crippen LogP contribution is 2.58. The molecule has 1 fully saturated rings. The number of benzene rings is 2. The lowest BCUT2D eigenvalue weighted by Gasteiger charge is -2.48. The van der Waals surface area contributed by atoms with Crippen molar-refractivity contribution < 1.29 is 10.1 Å². The zero-order valence-electron chi connectivity index (χ0n) is 15.8. The van der Waals surface area contributed by atoms with Crippen molar-refractivity contribution in [2.24, 2.45) is 4.99 Å². The molecule has 0 saturated heterocycles. The van der Waals surface area contributed by atoms with Crippen LogP contribution < -0.4 is 4.90 Å². The molecule has 2 aromatic rings. The molecule has 5 rings (SSSR count). The smallest absolute Gasteiger partial charge is 0.141 e. The Morgan fingerprint density at radius 1 is 1.11 bits per heavy atom. The largest absolute Gasteiger partial charge is 0.363 e. The molecule has 0 bridgehead atoms. The fourth-order valence-corrected chi connectivity index (χ4v) is 5.82. The molecule has 2 heterocycles. The third-order valence-corrected chi connectivity index (χ3v) is 7.03. The Morgan fingerprint density at radius 3 is 2.67 bits per heavy atom. The van der Waals surface area contributed by atoms with Crippen molar-refractivity contribution in [1.29, 1.82) is 0 Å². The number of rotatable bonds is 4. The molecule has 2 aliphatic heterocycles. The van der Waals surface area contributed by atoms with Crippen LogP contribution in [0.25, 0.3) is 0 Å². The van der Waals surface area contributed by atoms with Crippen LogP contribution in [-0.4, -0.2) is 29.2 Å². The van der Waals surface area contributed by atoms with Gasteiger partial charge in [-0.2, -0.15) is 0 Å². The van der Waals surface area contributed by atoms with Crippen molar-refractivity contribution in [2.75, 3.05) is 11.4 Å². The minimum Gasteiger partial charge on any atom is -0.363 e. The van der Waals surface area contributed by atoms with E-state index >= 15 is 0 Å². The molecule has 0 aromatic heterocycles. The van der Waals surface area contributed by atoms with Gasteiger partial charge in [-0.15, -0.1) is 0 Å². The maximum Gasteiger partial charge on any atom is 0.141 e. The summed E-state index contributed by atoms with van der Waals surface area (Å²) in [6, 6.07) is 19.8. The predicted octanol–water partition coefficient (Wildman–Crippen LogP) is 4.59. The second kappa shape index (κ2) is 6.18. The summed E-state index contributed by atoms with van der Waals surface area (Å²) >= 11 is 0. The van der Waals surface area contributed by atoms with E-state index in [1.807, 2.05) is 0 Å². The maximum atomic E-state index is 9.86. The van der Waals surface area contributed by atoms with Gasteiger partial charge in [0.25, 0.3) is 0 Å². The average molecular weight is 362 g/mol. The van der Waals surface area contributed by atoms with Crippen LogP contribution in [0.2, 0.25) is 0 Å². The number of hydrogen-bond donors (Lipinski definition) is 1. The average Bonchev–Trinajstić information content (AvgIpc) is 3.29. The van der Waals surface area contributed by atoms with Crippen molar-refractivity contribution in [3.05, 3.63) is 65.7 Å². The van der Waals surface area contributed by atoms with E-state index in [0.29, 0.717) is 6.04 Å². The molecule has 4 heteroatoms. The summed E-state index contributed by atoms with van der Waals surface area (Å²) in [6.07, 6.45) is 3.55. The molecule has 3 aliphatic rings. The summed E-state index contributed by atoms with van der Waals surface area (Å²) in [5.74, 6) is 0. The first-order valence-corrected chi connectivity index (χ1v) is 10.0. The number of nitrogens with zero attached hydrogens (tertiary/aromatic N) is 2. The first kappa shape index (κ1) is 17.0. The molecule has 0 unspecified atom stereocenters. The molecule has 140 valence electrons. The molecular weight excluding hydrogens is 336 g/mol. The van der Waals surface area contributed by atoms with Crippen LogP contribution in [-0.2, 0) is 16.8 Å². The zero-order chi connectivity index (χ0) is 18.5. The Labute approximate surface area is 160 Å². The van der Waals surface area contributed by atoms with Crippen LogP contribution in [0, 0.1) is 0 Å². The predicted molar refractivity (Wildman–Crippen MR) is 107 cm³/mol. The van der Waals surface area contributed by atoms with Gasteiger partial charge in [0.1, 0.15) is 5.60 Å². The van der Waals surface area contributed by atoms with E-state index < -0.39 is 5.60 Å². The maximum absolute atomic E-state index is 9.86. The van der Waals surface area contributed by atoms with E-state index in [1.54, 1.807) is 0 Å². The molecule has 2 aromatic carbocycles. The van der Waals surface area contributed by atoms with Crippen LogP contribution >= 0.6 is 0 Å². The van der Waals surface area contributed by atoms with Crippen molar-refractivity contribution in [2.45, 2.75) is 56.2 Å². The molecule has 4 nitrogen and oxygen atoms in total. The fourth-order valence-electron chi connectivity index (χ4n) is 5.82. The van der Waals surface area contributed by atoms with Gasteiger partial charge in [0.2, 0.25) is 0 Å². The first-order chi connectivity index (χ1) is 13.2. The van der Waals surface area contributed by atoms with E-state index in [-0.39, 0.29) is 5.41 Å². The molecule has 0 amide bonds. The lowest BCUT2D eigenvalue weighted by atomic mass is 9.60. The number of hydrogen-bond acceptors (Lipinski definition) is 4. The highest BCUT2D eigenvalue weighted by atomic mass is 17.1. The van der Waals surface area contributed by atoms with E-state index in [0.717, 1.165) is 44.5 Å². The van der Waals surface area contributed by atoms with Crippen LogP contribution in [0.5, 0.6) is 0 Å². The topological polar surface area (TPSA) is 45.1 Å². The number of anilines is 1. The number of fused-ring (bicyclic) bond motifs is 1. The first-order valence-electron chi connectivity index (χ1n) is 10.0. The van der Waals surface area contributed by atoms with E-state index in [2.05, 4.69) is 66.4 Å². The van der Waals surface area contributed by atoms with Gasteiger partial charge in [0, 0.05) is 24.8 Å². The molecule has 0 radical (unpaired) electrons. The zero-order valence-corrected chi connectivity index (χ0v) is 15.8. The molecule has 1 spiro atoms. The third kappa shape index (κ3) is 2.20. The minimum atomic E-state index is -0.636. The fraction of sp³-hybridized carbons (Fsp3) is 0.435. The monoisotopic (exact) mass is 362 g/mol. The standard InChI is InChI=1S/C23H26N2O2/c1-2-22(27-26)13-12-20-23(14-15-24-21(22)23)18-10-6-7-11-19(18)25(20)16-17-8-4-3-5-9-17/h3-11,20,26H,2,12-16H2,1H3/t20-,22+,23-/m1/s1. The SMILES string of the molecule is CC[C@]1(OO)CC[C@H]2N(Cc3ccccc3)c3ccccc3[C@]23CCN=C13. The van der Waals surface area contributed by atoms with Crippen molar-refractivity contribution >= 4 is 11.4 Å². The van der Waals surface area contributed by atoms with Crippen LogP contribution in [0.1, 0.15) is 43.7 Å². The second-order valence-corrected chi connectivity index (χ2v) is 8.08. The lowest BCUT2D eigenvalue weighted by molar-refractivity contribution is -0.306. The van der Waals surface area contributed by atoms with Crippen molar-refractivity contribution in [3.63, 3.8) is 0 Å². The summed E-state index contributed by atoms with van der Waals surface area (Å²) in [5, 5.41) is 9.86. The van der Waals surface area contributed by atoms with Crippen LogP contribution in [0.3, 0.4) is 0 Å². The lowest BCUT2D eigenvalue weighted by Crippen LogP contribution is -2.61. The number of para-hydroxylation sites is 1. The molecular formula is C23H26N2O2. The summed E-state index contributed by atoms with van der Waals surface area (Å²) < 4.78 is 0. The van der Waals surface area contributed by atoms with Gasteiger partial charge in [-0.1, -0.05) is 55.5 Å². The van der Waals surface area contributed by atoms with Gasteiger partial charge in [-0.25, -0.2) is 4.89 Å². The van der Waals surface area contributed by atoms with Gasteiger partial charge in [-0.05, 0) is 42.9 Å². The highest BCUT2D eigenvalue weighted by Gasteiger charge is 2.63. The Bertz CT molecular complexity index is 875. The van der Waals surface area contributed by atoms with E-state index in [1.165, 1.54) is 16.8 Å². The van der Waals surface area contributed by atoms with Gasteiger partial charge in [0.05, 0.1) is 11.1 Å². The summed E-state index contributed by atoms with van der Waals surface area (Å²) in [4.78, 5) is 12.7. The number of aliphatic imine (C=N–C) groups is 1. The van der Waals surface area contributed by atoms with E-state index in [9.17, 15) is 5.26 Å². The van der Waals surface area contributed by atoms with Crippen LogP contribution in [0.15, 0.2) is 59.6 Å². The summed E-state index contributed by atoms with van der Waals surface area (Å²) in [5.41, 5.74) is 4.29. The van der Waals surface area contributed by atoms with Crippen LogP contribution in [0.4, 0.5) is 5.69 Å². The Hall–Kier alpha value is -2.17.